The van der Waals surface area contributed by atoms with E-state index in [0.29, 0.717) is 24.7 Å². The van der Waals surface area contributed by atoms with Crippen molar-refractivity contribution in [2.24, 2.45) is 0 Å². The smallest absolute Gasteiger partial charge is 0.228 e. The van der Waals surface area contributed by atoms with Crippen LogP contribution >= 0.6 is 0 Å². The first-order chi connectivity index (χ1) is 11.2. The topological polar surface area (TPSA) is 78.5 Å². The lowest BCUT2D eigenvalue weighted by Gasteiger charge is -2.19. The molecule has 0 unspecified atom stereocenters. The monoisotopic (exact) mass is 319 g/mol. The molecule has 1 fully saturated rings. The zero-order valence-electron chi connectivity index (χ0n) is 13.3. The Balaban J connectivity index is 1.56. The molecule has 0 radical (unpaired) electrons. The first kappa shape index (κ1) is 15.6. The molecule has 23 heavy (non-hydrogen) atoms. The summed E-state index contributed by atoms with van der Waals surface area (Å²) in [5, 5.41) is 7.13. The van der Waals surface area contributed by atoms with Crippen LogP contribution in [0, 0.1) is 6.92 Å². The summed E-state index contributed by atoms with van der Waals surface area (Å²) >= 11 is 0. The lowest BCUT2D eigenvalue weighted by molar-refractivity contribution is -0.121. The number of aromatic nitrogens is 2. The van der Waals surface area contributed by atoms with Crippen molar-refractivity contribution in [1.82, 2.24) is 15.1 Å². The molecule has 0 bridgehead atoms. The number of aryl methyl sites for hydroxylation is 2. The molecule has 2 aromatic heterocycles. The second kappa shape index (κ2) is 6.87. The predicted octanol–water partition coefficient (Wildman–Crippen LogP) is 1.31. The summed E-state index contributed by atoms with van der Waals surface area (Å²) in [4.78, 5) is 12.2. The van der Waals surface area contributed by atoms with E-state index in [-0.39, 0.29) is 24.5 Å². The quantitative estimate of drug-likeness (QED) is 0.868. The van der Waals surface area contributed by atoms with Crippen LogP contribution < -0.4 is 10.1 Å². The van der Waals surface area contributed by atoms with Crippen molar-refractivity contribution >= 4 is 5.91 Å². The predicted molar refractivity (Wildman–Crippen MR) is 82.2 cm³/mol. The van der Waals surface area contributed by atoms with Crippen molar-refractivity contribution in [1.29, 1.82) is 0 Å². The van der Waals surface area contributed by atoms with Crippen LogP contribution in [0.2, 0.25) is 0 Å². The van der Waals surface area contributed by atoms with E-state index in [0.717, 1.165) is 12.1 Å². The van der Waals surface area contributed by atoms with Crippen molar-refractivity contribution in [3.05, 3.63) is 36.0 Å². The van der Waals surface area contributed by atoms with Gasteiger partial charge in [0, 0.05) is 6.54 Å². The molecule has 0 aromatic carbocycles. The van der Waals surface area contributed by atoms with Gasteiger partial charge in [0.15, 0.2) is 5.75 Å². The lowest BCUT2D eigenvalue weighted by atomic mass is 10.2. The third-order valence-electron chi connectivity index (χ3n) is 3.88. The third-order valence-corrected chi connectivity index (χ3v) is 3.88. The van der Waals surface area contributed by atoms with Crippen LogP contribution in [0.3, 0.4) is 0 Å². The highest BCUT2D eigenvalue weighted by Crippen LogP contribution is 2.17. The number of nitrogens with one attached hydrogen (secondary N) is 1. The highest BCUT2D eigenvalue weighted by atomic mass is 16.5. The van der Waals surface area contributed by atoms with Gasteiger partial charge in [-0.05, 0) is 25.5 Å². The SMILES string of the molecule is CCn1cc(O[C@@H]2COC[C@@H]2NC(=O)Cc2occc2C)cn1. The fraction of sp³-hybridized carbons (Fsp3) is 0.500. The van der Waals surface area contributed by atoms with Crippen molar-refractivity contribution in [3.63, 3.8) is 0 Å². The standard InChI is InChI=1S/C16H21N3O4/c1-3-19-8-12(7-17-19)23-15-10-21-9-13(15)18-16(20)6-14-11(2)4-5-22-14/h4-5,7-8,13,15H,3,6,9-10H2,1-2H3,(H,18,20)/t13-,15+/m0/s1. The van der Waals surface area contributed by atoms with Gasteiger partial charge in [-0.1, -0.05) is 0 Å². The summed E-state index contributed by atoms with van der Waals surface area (Å²) in [5.41, 5.74) is 0.975. The van der Waals surface area contributed by atoms with Gasteiger partial charge in [0.1, 0.15) is 11.9 Å². The summed E-state index contributed by atoms with van der Waals surface area (Å²) in [6, 6.07) is 1.67. The molecule has 1 aliphatic heterocycles. The summed E-state index contributed by atoms with van der Waals surface area (Å²) in [6.45, 7) is 5.60. The summed E-state index contributed by atoms with van der Waals surface area (Å²) in [5.74, 6) is 1.27. The maximum Gasteiger partial charge on any atom is 0.228 e. The molecule has 2 atom stereocenters. The molecule has 1 N–H and O–H groups in total. The van der Waals surface area contributed by atoms with E-state index >= 15 is 0 Å². The van der Waals surface area contributed by atoms with E-state index < -0.39 is 0 Å². The van der Waals surface area contributed by atoms with Gasteiger partial charge in [-0.2, -0.15) is 5.10 Å². The summed E-state index contributed by atoms with van der Waals surface area (Å²) in [6.07, 6.45) is 5.10. The minimum Gasteiger partial charge on any atom is -0.482 e. The molecule has 1 aliphatic rings. The molecular weight excluding hydrogens is 298 g/mol. The van der Waals surface area contributed by atoms with Crippen LogP contribution in [0.15, 0.2) is 29.1 Å². The van der Waals surface area contributed by atoms with Crippen molar-refractivity contribution in [3.8, 4) is 5.75 Å². The Morgan fingerprint density at radius 3 is 3.09 bits per heavy atom. The number of hydrogen-bond donors (Lipinski definition) is 1. The lowest BCUT2D eigenvalue weighted by Crippen LogP contribution is -2.45. The second-order valence-electron chi connectivity index (χ2n) is 5.60. The van der Waals surface area contributed by atoms with Crippen molar-refractivity contribution < 1.29 is 18.7 Å². The summed E-state index contributed by atoms with van der Waals surface area (Å²) in [7, 11) is 0. The Morgan fingerprint density at radius 1 is 1.52 bits per heavy atom. The third kappa shape index (κ3) is 3.73. The van der Waals surface area contributed by atoms with Crippen LogP contribution in [0.1, 0.15) is 18.2 Å². The Labute approximate surface area is 134 Å². The van der Waals surface area contributed by atoms with E-state index in [1.807, 2.05) is 26.1 Å². The Bertz CT molecular complexity index is 664. The highest BCUT2D eigenvalue weighted by molar-refractivity contribution is 5.78. The number of nitrogens with zero attached hydrogens (tertiary/aromatic N) is 2. The molecule has 3 rings (SSSR count). The maximum absolute atomic E-state index is 12.2. The number of amides is 1. The van der Waals surface area contributed by atoms with Gasteiger partial charge in [-0.15, -0.1) is 0 Å². The normalized spacial score (nSPS) is 20.6. The largest absolute Gasteiger partial charge is 0.482 e. The van der Waals surface area contributed by atoms with Crippen molar-refractivity contribution in [2.45, 2.75) is 39.0 Å². The molecule has 124 valence electrons. The van der Waals surface area contributed by atoms with Gasteiger partial charge in [0.05, 0.1) is 44.3 Å². The van der Waals surface area contributed by atoms with Crippen molar-refractivity contribution in [2.75, 3.05) is 13.2 Å². The van der Waals surface area contributed by atoms with Gasteiger partial charge in [-0.3, -0.25) is 9.48 Å². The minimum atomic E-state index is -0.217. The van der Waals surface area contributed by atoms with E-state index in [4.69, 9.17) is 13.9 Å². The first-order valence-electron chi connectivity index (χ1n) is 7.75. The molecular formula is C16H21N3O4. The Hall–Kier alpha value is -2.28. The van der Waals surface area contributed by atoms with Gasteiger partial charge < -0.3 is 19.2 Å². The molecule has 7 heteroatoms. The van der Waals surface area contributed by atoms with E-state index in [9.17, 15) is 4.79 Å². The molecule has 3 heterocycles. The van der Waals surface area contributed by atoms with Gasteiger partial charge in [0.2, 0.25) is 5.91 Å². The number of carbonyl (C=O) groups excluding carboxylic acids is 1. The van der Waals surface area contributed by atoms with Crippen LogP contribution in [0.25, 0.3) is 0 Å². The molecule has 0 aliphatic carbocycles. The molecule has 1 amide bonds. The highest BCUT2D eigenvalue weighted by Gasteiger charge is 2.32. The van der Waals surface area contributed by atoms with Crippen LogP contribution in [0.4, 0.5) is 0 Å². The zero-order valence-corrected chi connectivity index (χ0v) is 13.3. The molecule has 2 aromatic rings. The van der Waals surface area contributed by atoms with Crippen LogP contribution in [-0.2, 0) is 22.5 Å². The fourth-order valence-corrected chi connectivity index (χ4v) is 2.53. The molecule has 1 saturated heterocycles. The van der Waals surface area contributed by atoms with Crippen LogP contribution in [-0.4, -0.2) is 41.0 Å². The number of carbonyl (C=O) groups is 1. The van der Waals surface area contributed by atoms with Gasteiger partial charge >= 0.3 is 0 Å². The number of rotatable bonds is 6. The van der Waals surface area contributed by atoms with E-state index in [1.54, 1.807) is 17.1 Å². The molecule has 7 nitrogen and oxygen atoms in total. The maximum atomic E-state index is 12.2. The zero-order chi connectivity index (χ0) is 16.2. The average Bonchev–Trinajstić information content (AvgIpc) is 3.24. The average molecular weight is 319 g/mol. The Morgan fingerprint density at radius 2 is 2.39 bits per heavy atom. The minimum absolute atomic E-state index is 0.101. The number of hydrogen-bond acceptors (Lipinski definition) is 5. The van der Waals surface area contributed by atoms with Gasteiger partial charge in [0.25, 0.3) is 0 Å². The van der Waals surface area contributed by atoms with Crippen LogP contribution in [0.5, 0.6) is 5.75 Å². The molecule has 0 spiro atoms. The molecule has 0 saturated carbocycles. The Kier molecular flexibility index (Phi) is 4.66. The summed E-state index contributed by atoms with van der Waals surface area (Å²) < 4.78 is 18.4. The van der Waals surface area contributed by atoms with E-state index in [1.165, 1.54) is 0 Å². The first-order valence-corrected chi connectivity index (χ1v) is 7.75. The van der Waals surface area contributed by atoms with E-state index in [2.05, 4.69) is 10.4 Å². The number of ether oxygens (including phenoxy) is 2. The fourth-order valence-electron chi connectivity index (χ4n) is 2.53. The second-order valence-corrected chi connectivity index (χ2v) is 5.60. The number of furan rings is 1. The van der Waals surface area contributed by atoms with Gasteiger partial charge in [-0.25, -0.2) is 0 Å².